The largest absolute Gasteiger partial charge is 0.372 e. The number of rotatable bonds is 7. The Morgan fingerprint density at radius 3 is 2.33 bits per heavy atom. The first-order valence-electron chi connectivity index (χ1n) is 6.22. The summed E-state index contributed by atoms with van der Waals surface area (Å²) in [6.45, 7) is 6.15. The van der Waals surface area contributed by atoms with E-state index >= 15 is 0 Å². The number of alkyl halides is 1. The van der Waals surface area contributed by atoms with Crippen LogP contribution in [0, 0.1) is 10.1 Å². The Morgan fingerprint density at radius 1 is 1.28 bits per heavy atom. The molecule has 0 unspecified atom stereocenters. The van der Waals surface area contributed by atoms with E-state index in [9.17, 15) is 10.1 Å². The van der Waals surface area contributed by atoms with Crippen LogP contribution in [-0.4, -0.2) is 18.0 Å². The third-order valence-corrected chi connectivity index (χ3v) is 3.04. The first kappa shape index (κ1) is 14.8. The van der Waals surface area contributed by atoms with E-state index in [1.165, 1.54) is 0 Å². The highest BCUT2D eigenvalue weighted by Crippen LogP contribution is 2.26. The minimum absolute atomic E-state index is 0.0988. The number of nitro groups is 1. The first-order valence-corrected chi connectivity index (χ1v) is 6.75. The molecule has 0 amide bonds. The molecule has 4 nitrogen and oxygen atoms in total. The molecule has 0 N–H and O–H groups in total. The van der Waals surface area contributed by atoms with Gasteiger partial charge in [0.2, 0.25) is 0 Å². The second kappa shape index (κ2) is 7.21. The molecule has 0 atom stereocenters. The molecule has 0 bridgehead atoms. The normalized spacial score (nSPS) is 10.4. The zero-order valence-corrected chi connectivity index (χ0v) is 11.6. The first-order chi connectivity index (χ1) is 8.63. The number of hydrogen-bond donors (Lipinski definition) is 0. The lowest BCUT2D eigenvalue weighted by Gasteiger charge is -2.24. The summed E-state index contributed by atoms with van der Waals surface area (Å²) < 4.78 is 0. The van der Waals surface area contributed by atoms with Crippen LogP contribution in [0.1, 0.15) is 32.3 Å². The maximum atomic E-state index is 10.8. The van der Waals surface area contributed by atoms with Gasteiger partial charge in [-0.15, -0.1) is 11.6 Å². The van der Waals surface area contributed by atoms with Gasteiger partial charge in [0.1, 0.15) is 0 Å². The van der Waals surface area contributed by atoms with Gasteiger partial charge < -0.3 is 4.90 Å². The van der Waals surface area contributed by atoms with Crippen LogP contribution in [0.25, 0.3) is 0 Å². The van der Waals surface area contributed by atoms with Gasteiger partial charge in [-0.2, -0.15) is 0 Å². The van der Waals surface area contributed by atoms with Crippen molar-refractivity contribution in [3.63, 3.8) is 0 Å². The van der Waals surface area contributed by atoms with Gasteiger partial charge in [-0.1, -0.05) is 13.8 Å². The van der Waals surface area contributed by atoms with Crippen LogP contribution in [0.15, 0.2) is 18.2 Å². The lowest BCUT2D eigenvalue weighted by molar-refractivity contribution is -0.385. The minimum Gasteiger partial charge on any atom is -0.372 e. The van der Waals surface area contributed by atoms with Crippen molar-refractivity contribution in [3.8, 4) is 0 Å². The van der Waals surface area contributed by atoms with Crippen LogP contribution < -0.4 is 4.90 Å². The predicted octanol–water partition coefficient (Wildman–Crippen LogP) is 3.96. The fourth-order valence-corrected chi connectivity index (χ4v) is 2.18. The second-order valence-corrected chi connectivity index (χ2v) is 4.46. The van der Waals surface area contributed by atoms with E-state index in [-0.39, 0.29) is 16.5 Å². The second-order valence-electron chi connectivity index (χ2n) is 4.19. The summed E-state index contributed by atoms with van der Waals surface area (Å²) in [7, 11) is 0. The van der Waals surface area contributed by atoms with Gasteiger partial charge in [0, 0.05) is 30.4 Å². The zero-order valence-electron chi connectivity index (χ0n) is 10.9. The van der Waals surface area contributed by atoms with Gasteiger partial charge in [-0.25, -0.2) is 0 Å². The fourth-order valence-electron chi connectivity index (χ4n) is 1.96. The van der Waals surface area contributed by atoms with Crippen molar-refractivity contribution in [2.45, 2.75) is 32.6 Å². The number of halogens is 1. The van der Waals surface area contributed by atoms with Crippen molar-refractivity contribution in [2.24, 2.45) is 0 Å². The Balaban J connectivity index is 3.05. The summed E-state index contributed by atoms with van der Waals surface area (Å²) in [4.78, 5) is 12.7. The van der Waals surface area contributed by atoms with E-state index in [2.05, 4.69) is 18.7 Å². The molecule has 1 aromatic rings. The smallest absolute Gasteiger partial charge is 0.273 e. The number of nitrogens with zero attached hydrogens (tertiary/aromatic N) is 2. The van der Waals surface area contributed by atoms with Gasteiger partial charge in [0.15, 0.2) is 0 Å². The molecule has 0 saturated carbocycles. The summed E-state index contributed by atoms with van der Waals surface area (Å²) in [6.07, 6.45) is 2.10. The average Bonchev–Trinajstić information content (AvgIpc) is 2.37. The maximum Gasteiger partial charge on any atom is 0.273 e. The Bertz CT molecular complexity index is 404. The molecule has 5 heteroatoms. The Labute approximate surface area is 113 Å². The molecular weight excluding hydrogens is 252 g/mol. The highest BCUT2D eigenvalue weighted by atomic mass is 35.5. The van der Waals surface area contributed by atoms with E-state index < -0.39 is 0 Å². The van der Waals surface area contributed by atoms with Crippen molar-refractivity contribution in [1.29, 1.82) is 0 Å². The Kier molecular flexibility index (Phi) is 5.92. The van der Waals surface area contributed by atoms with Crippen LogP contribution in [0.3, 0.4) is 0 Å². The monoisotopic (exact) mass is 270 g/mol. The topological polar surface area (TPSA) is 46.4 Å². The molecule has 0 heterocycles. The van der Waals surface area contributed by atoms with E-state index in [0.29, 0.717) is 5.56 Å². The van der Waals surface area contributed by atoms with Crippen LogP contribution in [-0.2, 0) is 5.88 Å². The van der Waals surface area contributed by atoms with Gasteiger partial charge in [-0.3, -0.25) is 10.1 Å². The number of benzene rings is 1. The summed E-state index contributed by atoms with van der Waals surface area (Å²) >= 11 is 5.78. The Hall–Kier alpha value is -1.29. The molecule has 1 rings (SSSR count). The molecule has 0 spiro atoms. The molecular formula is C13H19ClN2O2. The summed E-state index contributed by atoms with van der Waals surface area (Å²) in [5.41, 5.74) is 1.69. The molecule has 1 aromatic carbocycles. The molecule has 0 aliphatic carbocycles. The van der Waals surface area contributed by atoms with E-state index in [1.54, 1.807) is 12.1 Å². The average molecular weight is 271 g/mol. The lowest BCUT2D eigenvalue weighted by Crippen LogP contribution is -2.24. The number of anilines is 1. The van der Waals surface area contributed by atoms with Gasteiger partial charge >= 0.3 is 0 Å². The summed E-state index contributed by atoms with van der Waals surface area (Å²) in [5, 5.41) is 10.8. The highest BCUT2D eigenvalue weighted by Gasteiger charge is 2.15. The highest BCUT2D eigenvalue weighted by molar-refractivity contribution is 6.17. The van der Waals surface area contributed by atoms with E-state index in [0.717, 1.165) is 31.6 Å². The van der Waals surface area contributed by atoms with E-state index in [1.807, 2.05) is 6.07 Å². The van der Waals surface area contributed by atoms with Gasteiger partial charge in [0.05, 0.1) is 10.8 Å². The van der Waals surface area contributed by atoms with Gasteiger partial charge in [0.25, 0.3) is 5.69 Å². The Morgan fingerprint density at radius 2 is 1.89 bits per heavy atom. The SMILES string of the molecule is CCCN(CCC)c1ccc([N+](=O)[O-])c(CCl)c1. The molecule has 0 saturated heterocycles. The van der Waals surface area contributed by atoms with Crippen LogP contribution in [0.4, 0.5) is 11.4 Å². The third kappa shape index (κ3) is 3.60. The van der Waals surface area contributed by atoms with Crippen molar-refractivity contribution in [1.82, 2.24) is 0 Å². The number of hydrogen-bond acceptors (Lipinski definition) is 3. The molecule has 0 fully saturated rings. The van der Waals surface area contributed by atoms with E-state index in [4.69, 9.17) is 11.6 Å². The molecule has 18 heavy (non-hydrogen) atoms. The van der Waals surface area contributed by atoms with Crippen molar-refractivity contribution < 1.29 is 4.92 Å². The van der Waals surface area contributed by atoms with Crippen LogP contribution >= 0.6 is 11.6 Å². The molecule has 0 aliphatic rings. The molecule has 0 radical (unpaired) electrons. The van der Waals surface area contributed by atoms with Crippen molar-refractivity contribution in [3.05, 3.63) is 33.9 Å². The molecule has 0 aliphatic heterocycles. The zero-order chi connectivity index (χ0) is 13.5. The quantitative estimate of drug-likeness (QED) is 0.428. The molecule has 0 aromatic heterocycles. The minimum atomic E-state index is -0.383. The molecule has 100 valence electrons. The van der Waals surface area contributed by atoms with Crippen molar-refractivity contribution >= 4 is 23.0 Å². The maximum absolute atomic E-state index is 10.8. The van der Waals surface area contributed by atoms with Crippen LogP contribution in [0.2, 0.25) is 0 Å². The third-order valence-electron chi connectivity index (χ3n) is 2.76. The fraction of sp³-hybridized carbons (Fsp3) is 0.538. The van der Waals surface area contributed by atoms with Gasteiger partial charge in [-0.05, 0) is 25.0 Å². The lowest BCUT2D eigenvalue weighted by atomic mass is 10.1. The predicted molar refractivity (Wildman–Crippen MR) is 75.4 cm³/mol. The number of nitro benzene ring substituents is 1. The standard InChI is InChI=1S/C13H19ClN2O2/c1-3-7-15(8-4-2)12-5-6-13(16(17)18)11(9-12)10-14/h5-6,9H,3-4,7-8,10H2,1-2H3. The van der Waals surface area contributed by atoms with Crippen molar-refractivity contribution in [2.75, 3.05) is 18.0 Å². The summed E-state index contributed by atoms with van der Waals surface area (Å²) in [5.74, 6) is 0.163. The summed E-state index contributed by atoms with van der Waals surface area (Å²) in [6, 6.07) is 5.18. The van der Waals surface area contributed by atoms with Crippen LogP contribution in [0.5, 0.6) is 0 Å².